The lowest BCUT2D eigenvalue weighted by molar-refractivity contribution is 0.318. The Hall–Kier alpha value is -1.88. The monoisotopic (exact) mass is 278 g/mol. The lowest BCUT2D eigenvalue weighted by Crippen LogP contribution is -2.01. The van der Waals surface area contributed by atoms with Gasteiger partial charge in [0.15, 0.2) is 11.5 Å². The minimum Gasteiger partial charge on any atom is -0.486 e. The molecule has 0 amide bonds. The van der Waals surface area contributed by atoms with E-state index in [0.717, 1.165) is 30.7 Å². The van der Waals surface area contributed by atoms with E-state index >= 15 is 0 Å². The number of benzene rings is 1. The highest BCUT2D eigenvalue weighted by Gasteiger charge is 2.07. The van der Waals surface area contributed by atoms with Gasteiger partial charge in [-0.25, -0.2) is 9.37 Å². The molecule has 1 heterocycles. The van der Waals surface area contributed by atoms with Crippen LogP contribution in [0, 0.1) is 0 Å². The fourth-order valence-electron chi connectivity index (χ4n) is 1.82. The number of unbranched alkanes of at least 4 members (excludes halogenated alkanes) is 1. The number of hydrogen-bond acceptors (Lipinski definition) is 4. The zero-order valence-electron chi connectivity index (χ0n) is 11.6. The van der Waals surface area contributed by atoms with Gasteiger partial charge in [0.2, 0.25) is 0 Å². The van der Waals surface area contributed by atoms with E-state index in [0.29, 0.717) is 11.3 Å². The minimum absolute atomic E-state index is 0.125. The van der Waals surface area contributed by atoms with Crippen LogP contribution in [0.3, 0.4) is 0 Å². The van der Waals surface area contributed by atoms with E-state index in [9.17, 15) is 4.39 Å². The predicted molar refractivity (Wildman–Crippen MR) is 76.4 cm³/mol. The molecule has 1 aromatic heterocycles. The van der Waals surface area contributed by atoms with E-state index in [2.05, 4.69) is 11.9 Å². The molecular formula is C15H19FN2O2. The Morgan fingerprint density at radius 2 is 2.35 bits per heavy atom. The van der Waals surface area contributed by atoms with E-state index in [1.165, 1.54) is 6.08 Å². The van der Waals surface area contributed by atoms with Crippen molar-refractivity contribution in [3.63, 3.8) is 0 Å². The van der Waals surface area contributed by atoms with Crippen molar-refractivity contribution in [1.82, 2.24) is 4.98 Å². The van der Waals surface area contributed by atoms with E-state index in [-0.39, 0.29) is 19.0 Å². The summed E-state index contributed by atoms with van der Waals surface area (Å²) < 4.78 is 24.1. The maximum atomic E-state index is 13.2. The largest absolute Gasteiger partial charge is 0.486 e. The molecule has 0 fully saturated rings. The van der Waals surface area contributed by atoms with Gasteiger partial charge in [0.1, 0.15) is 23.7 Å². The van der Waals surface area contributed by atoms with Crippen LogP contribution in [-0.4, -0.2) is 18.1 Å². The van der Waals surface area contributed by atoms with Crippen LogP contribution < -0.4 is 10.5 Å². The third-order valence-electron chi connectivity index (χ3n) is 2.86. The van der Waals surface area contributed by atoms with Crippen molar-refractivity contribution in [3.05, 3.63) is 36.0 Å². The Bertz CT molecular complexity index is 593. The lowest BCUT2D eigenvalue weighted by Gasteiger charge is -2.03. The lowest BCUT2D eigenvalue weighted by atomic mass is 10.2. The van der Waals surface area contributed by atoms with E-state index < -0.39 is 0 Å². The Kier molecular flexibility index (Phi) is 5.12. The van der Waals surface area contributed by atoms with Gasteiger partial charge in [-0.15, -0.1) is 0 Å². The molecule has 2 aromatic rings. The highest BCUT2D eigenvalue weighted by atomic mass is 19.1. The molecule has 0 atom stereocenters. The second-order valence-corrected chi connectivity index (χ2v) is 4.52. The molecule has 0 saturated carbocycles. The molecule has 4 nitrogen and oxygen atoms in total. The predicted octanol–water partition coefficient (Wildman–Crippen LogP) is 3.36. The Labute approximate surface area is 117 Å². The second-order valence-electron chi connectivity index (χ2n) is 4.52. The SMILES string of the molecule is CCCCc1nc2ccc(OC/C(F)=C\CN)cc2o1. The molecule has 0 unspecified atom stereocenters. The number of nitrogens with two attached hydrogens (primary N) is 1. The summed E-state index contributed by atoms with van der Waals surface area (Å²) in [5, 5.41) is 0. The zero-order chi connectivity index (χ0) is 14.4. The molecule has 20 heavy (non-hydrogen) atoms. The Balaban J connectivity index is 2.06. The van der Waals surface area contributed by atoms with Crippen LogP contribution in [0.1, 0.15) is 25.7 Å². The molecule has 0 bridgehead atoms. The number of aromatic nitrogens is 1. The van der Waals surface area contributed by atoms with Crippen LogP contribution in [0.25, 0.3) is 11.1 Å². The molecule has 0 radical (unpaired) electrons. The molecule has 0 saturated heterocycles. The molecule has 1 aromatic carbocycles. The van der Waals surface area contributed by atoms with Gasteiger partial charge >= 0.3 is 0 Å². The maximum absolute atomic E-state index is 13.2. The first kappa shape index (κ1) is 14.5. The number of fused-ring (bicyclic) bond motifs is 1. The molecule has 108 valence electrons. The van der Waals surface area contributed by atoms with E-state index in [1.807, 2.05) is 6.07 Å². The summed E-state index contributed by atoms with van der Waals surface area (Å²) >= 11 is 0. The molecule has 0 aliphatic carbocycles. The fraction of sp³-hybridized carbons (Fsp3) is 0.400. The summed E-state index contributed by atoms with van der Waals surface area (Å²) in [4.78, 5) is 4.39. The number of nitrogens with zero attached hydrogens (tertiary/aromatic N) is 1. The summed E-state index contributed by atoms with van der Waals surface area (Å²) in [5.74, 6) is 0.901. The second kappa shape index (κ2) is 7.05. The smallest absolute Gasteiger partial charge is 0.195 e. The highest BCUT2D eigenvalue weighted by Crippen LogP contribution is 2.22. The number of oxazole rings is 1. The third-order valence-corrected chi connectivity index (χ3v) is 2.86. The van der Waals surface area contributed by atoms with E-state index in [4.69, 9.17) is 14.9 Å². The highest BCUT2D eigenvalue weighted by molar-refractivity contribution is 5.74. The fourth-order valence-corrected chi connectivity index (χ4v) is 1.82. The summed E-state index contributed by atoms with van der Waals surface area (Å²) in [5.41, 5.74) is 6.68. The minimum atomic E-state index is -0.381. The third kappa shape index (κ3) is 3.81. The number of ether oxygens (including phenoxy) is 1. The van der Waals surface area contributed by atoms with Crippen LogP contribution in [0.5, 0.6) is 5.75 Å². The molecular weight excluding hydrogens is 259 g/mol. The Morgan fingerprint density at radius 1 is 1.50 bits per heavy atom. The first-order valence-corrected chi connectivity index (χ1v) is 6.79. The van der Waals surface area contributed by atoms with Crippen molar-refractivity contribution in [1.29, 1.82) is 0 Å². The van der Waals surface area contributed by atoms with Gasteiger partial charge in [0.25, 0.3) is 0 Å². The van der Waals surface area contributed by atoms with Crippen LogP contribution in [-0.2, 0) is 6.42 Å². The molecule has 0 aliphatic rings. The van der Waals surface area contributed by atoms with Crippen molar-refractivity contribution in [3.8, 4) is 5.75 Å². The van der Waals surface area contributed by atoms with Crippen molar-refractivity contribution >= 4 is 11.1 Å². The average Bonchev–Trinajstić information content (AvgIpc) is 2.85. The average molecular weight is 278 g/mol. The molecule has 0 aliphatic heterocycles. The van der Waals surface area contributed by atoms with Crippen molar-refractivity contribution in [2.75, 3.05) is 13.2 Å². The summed E-state index contributed by atoms with van der Waals surface area (Å²) in [6, 6.07) is 5.30. The van der Waals surface area contributed by atoms with Gasteiger partial charge < -0.3 is 14.9 Å². The van der Waals surface area contributed by atoms with Crippen molar-refractivity contribution < 1.29 is 13.5 Å². The van der Waals surface area contributed by atoms with Gasteiger partial charge in [-0.05, 0) is 24.6 Å². The number of aryl methyl sites for hydroxylation is 1. The first-order valence-electron chi connectivity index (χ1n) is 6.79. The van der Waals surface area contributed by atoms with Gasteiger partial charge in [0.05, 0.1) is 0 Å². The van der Waals surface area contributed by atoms with Gasteiger partial charge in [-0.3, -0.25) is 0 Å². The first-order chi connectivity index (χ1) is 9.72. The molecule has 5 heteroatoms. The number of rotatable bonds is 7. The van der Waals surface area contributed by atoms with Gasteiger partial charge in [-0.1, -0.05) is 13.3 Å². The number of hydrogen-bond donors (Lipinski definition) is 1. The Morgan fingerprint density at radius 3 is 3.10 bits per heavy atom. The summed E-state index contributed by atoms with van der Waals surface area (Å²) in [6.45, 7) is 2.16. The standard InChI is InChI=1S/C15H19FN2O2/c1-2-3-4-15-18-13-6-5-12(9-14(13)20-15)19-10-11(16)7-8-17/h5-7,9H,2-4,8,10,17H2,1H3/b11-7+. The normalized spacial score (nSPS) is 12.1. The molecule has 0 spiro atoms. The number of halogens is 1. The quantitative estimate of drug-likeness (QED) is 0.843. The molecule has 2 rings (SSSR count). The van der Waals surface area contributed by atoms with Crippen LogP contribution in [0.2, 0.25) is 0 Å². The van der Waals surface area contributed by atoms with Gasteiger partial charge in [0, 0.05) is 19.0 Å². The van der Waals surface area contributed by atoms with Crippen molar-refractivity contribution in [2.24, 2.45) is 5.73 Å². The molecule has 2 N–H and O–H groups in total. The van der Waals surface area contributed by atoms with E-state index in [1.54, 1.807) is 12.1 Å². The van der Waals surface area contributed by atoms with Crippen LogP contribution >= 0.6 is 0 Å². The summed E-state index contributed by atoms with van der Waals surface area (Å²) in [6.07, 6.45) is 4.26. The van der Waals surface area contributed by atoms with Crippen LogP contribution in [0.4, 0.5) is 4.39 Å². The topological polar surface area (TPSA) is 61.3 Å². The maximum Gasteiger partial charge on any atom is 0.195 e. The van der Waals surface area contributed by atoms with Crippen LogP contribution in [0.15, 0.2) is 34.5 Å². The van der Waals surface area contributed by atoms with Crippen molar-refractivity contribution in [2.45, 2.75) is 26.2 Å². The summed E-state index contributed by atoms with van der Waals surface area (Å²) in [7, 11) is 0. The van der Waals surface area contributed by atoms with Gasteiger partial charge in [-0.2, -0.15) is 0 Å². The zero-order valence-corrected chi connectivity index (χ0v) is 11.6.